The first-order valence-corrected chi connectivity index (χ1v) is 10.3. The van der Waals surface area contributed by atoms with Crippen molar-refractivity contribution in [1.29, 1.82) is 0 Å². The van der Waals surface area contributed by atoms with E-state index in [-0.39, 0.29) is 5.56 Å². The van der Waals surface area contributed by atoms with Crippen LogP contribution in [0.15, 0.2) is 77.0 Å². The van der Waals surface area contributed by atoms with E-state index in [9.17, 15) is 9.18 Å². The monoisotopic (exact) mass is 419 g/mol. The molecule has 3 aromatic carbocycles. The molecule has 0 fully saturated rings. The molecule has 31 heavy (non-hydrogen) atoms. The van der Waals surface area contributed by atoms with E-state index in [0.29, 0.717) is 17.1 Å². The highest BCUT2D eigenvalue weighted by atomic mass is 19.1. The van der Waals surface area contributed by atoms with Crippen molar-refractivity contribution in [2.75, 3.05) is 19.0 Å². The number of ether oxygens (including phenoxy) is 1. The van der Waals surface area contributed by atoms with Crippen LogP contribution in [0.4, 0.5) is 21.5 Å². The van der Waals surface area contributed by atoms with Gasteiger partial charge in [-0.3, -0.25) is 0 Å². The van der Waals surface area contributed by atoms with Gasteiger partial charge in [-0.15, -0.1) is 0 Å². The van der Waals surface area contributed by atoms with Crippen LogP contribution in [0.5, 0.6) is 5.75 Å². The van der Waals surface area contributed by atoms with Gasteiger partial charge in [-0.1, -0.05) is 25.5 Å². The third kappa shape index (κ3) is 6.22. The van der Waals surface area contributed by atoms with E-state index in [4.69, 9.17) is 4.74 Å². The SMILES string of the molecule is CCCCc1ccc(OC(=O)c2ccc(N=Nc3ccc(N(C)C)cc3)cc2F)cc1. The van der Waals surface area contributed by atoms with Gasteiger partial charge in [0.2, 0.25) is 0 Å². The molecule has 0 aliphatic rings. The van der Waals surface area contributed by atoms with Gasteiger partial charge in [0, 0.05) is 25.8 Å². The molecule has 0 bridgehead atoms. The Bertz CT molecular complexity index is 1050. The van der Waals surface area contributed by atoms with Gasteiger partial charge in [0.05, 0.1) is 16.9 Å². The summed E-state index contributed by atoms with van der Waals surface area (Å²) >= 11 is 0. The lowest BCUT2D eigenvalue weighted by Crippen LogP contribution is -2.10. The molecular weight excluding hydrogens is 393 g/mol. The van der Waals surface area contributed by atoms with Gasteiger partial charge in [-0.2, -0.15) is 10.2 Å². The highest BCUT2D eigenvalue weighted by Gasteiger charge is 2.15. The van der Waals surface area contributed by atoms with Crippen LogP contribution in [-0.4, -0.2) is 20.1 Å². The van der Waals surface area contributed by atoms with Crippen LogP contribution in [0.25, 0.3) is 0 Å². The van der Waals surface area contributed by atoms with Crippen molar-refractivity contribution in [3.8, 4) is 5.75 Å². The van der Waals surface area contributed by atoms with E-state index in [1.165, 1.54) is 23.8 Å². The molecule has 5 nitrogen and oxygen atoms in total. The molecule has 0 unspecified atom stereocenters. The smallest absolute Gasteiger partial charge is 0.346 e. The molecule has 3 rings (SSSR count). The maximum Gasteiger partial charge on any atom is 0.346 e. The van der Waals surface area contributed by atoms with Gasteiger partial charge in [0.25, 0.3) is 0 Å². The molecule has 3 aromatic rings. The van der Waals surface area contributed by atoms with Crippen molar-refractivity contribution < 1.29 is 13.9 Å². The van der Waals surface area contributed by atoms with Crippen molar-refractivity contribution >= 4 is 23.0 Å². The first kappa shape index (κ1) is 22.2. The zero-order valence-corrected chi connectivity index (χ0v) is 18.0. The Morgan fingerprint density at radius 2 is 1.58 bits per heavy atom. The van der Waals surface area contributed by atoms with E-state index >= 15 is 0 Å². The second-order valence-electron chi connectivity index (χ2n) is 7.41. The number of hydrogen-bond donors (Lipinski definition) is 0. The van der Waals surface area contributed by atoms with Crippen LogP contribution in [-0.2, 0) is 6.42 Å². The number of esters is 1. The molecule has 0 radical (unpaired) electrons. The summed E-state index contributed by atoms with van der Waals surface area (Å²) in [5.41, 5.74) is 3.04. The van der Waals surface area contributed by atoms with Crippen LogP contribution in [0, 0.1) is 5.82 Å². The Balaban J connectivity index is 1.64. The van der Waals surface area contributed by atoms with E-state index in [0.717, 1.165) is 24.9 Å². The minimum absolute atomic E-state index is 0.149. The largest absolute Gasteiger partial charge is 0.423 e. The number of aryl methyl sites for hydroxylation is 1. The summed E-state index contributed by atoms with van der Waals surface area (Å²) < 4.78 is 19.8. The van der Waals surface area contributed by atoms with E-state index in [1.807, 2.05) is 55.4 Å². The van der Waals surface area contributed by atoms with Gasteiger partial charge >= 0.3 is 5.97 Å². The molecular formula is C25H26FN3O2. The minimum Gasteiger partial charge on any atom is -0.423 e. The Morgan fingerprint density at radius 3 is 2.19 bits per heavy atom. The number of carbonyl (C=O) groups is 1. The van der Waals surface area contributed by atoms with Crippen molar-refractivity contribution in [3.05, 3.63) is 83.7 Å². The molecule has 0 amide bonds. The molecule has 0 aliphatic heterocycles. The van der Waals surface area contributed by atoms with E-state index in [2.05, 4.69) is 17.2 Å². The predicted molar refractivity (Wildman–Crippen MR) is 121 cm³/mol. The van der Waals surface area contributed by atoms with Crippen LogP contribution in [0.1, 0.15) is 35.7 Å². The van der Waals surface area contributed by atoms with Crippen molar-refractivity contribution in [1.82, 2.24) is 0 Å². The molecule has 160 valence electrons. The topological polar surface area (TPSA) is 54.3 Å². The van der Waals surface area contributed by atoms with Crippen LogP contribution in [0.2, 0.25) is 0 Å². The fourth-order valence-electron chi connectivity index (χ4n) is 2.93. The van der Waals surface area contributed by atoms with Crippen LogP contribution in [0.3, 0.4) is 0 Å². The number of unbranched alkanes of at least 4 members (excludes halogenated alkanes) is 1. The van der Waals surface area contributed by atoms with Gasteiger partial charge in [-0.05, 0) is 66.9 Å². The Hall–Kier alpha value is -3.54. The second kappa shape index (κ2) is 10.5. The summed E-state index contributed by atoms with van der Waals surface area (Å²) in [6.07, 6.45) is 3.21. The number of rotatable bonds is 8. The van der Waals surface area contributed by atoms with Crippen molar-refractivity contribution in [2.24, 2.45) is 10.2 Å². The summed E-state index contributed by atoms with van der Waals surface area (Å²) in [5, 5.41) is 8.16. The lowest BCUT2D eigenvalue weighted by atomic mass is 10.1. The summed E-state index contributed by atoms with van der Waals surface area (Å²) in [4.78, 5) is 14.3. The van der Waals surface area contributed by atoms with E-state index < -0.39 is 11.8 Å². The lowest BCUT2D eigenvalue weighted by Gasteiger charge is -2.11. The third-order valence-electron chi connectivity index (χ3n) is 4.77. The van der Waals surface area contributed by atoms with Gasteiger partial charge in [-0.25, -0.2) is 9.18 Å². The number of carbonyl (C=O) groups excluding carboxylic acids is 1. The zero-order chi connectivity index (χ0) is 22.2. The first-order valence-electron chi connectivity index (χ1n) is 10.3. The normalized spacial score (nSPS) is 11.0. The molecule has 0 N–H and O–H groups in total. The number of benzene rings is 3. The first-order chi connectivity index (χ1) is 15.0. The lowest BCUT2D eigenvalue weighted by molar-refractivity contribution is 0.0730. The molecule has 0 heterocycles. The Kier molecular flexibility index (Phi) is 7.49. The Labute approximate surface area is 182 Å². The molecule has 0 aromatic heterocycles. The highest BCUT2D eigenvalue weighted by molar-refractivity contribution is 5.91. The number of halogens is 1. The quantitative estimate of drug-likeness (QED) is 0.227. The number of azo groups is 1. The fraction of sp³-hybridized carbons (Fsp3) is 0.240. The standard InChI is InChI=1S/C25H26FN3O2/c1-4-5-6-18-7-14-22(15-8-18)31-25(30)23-16-11-20(17-24(23)26)28-27-19-9-12-21(13-10-19)29(2)3/h7-17H,4-6H2,1-3H3. The molecule has 0 saturated carbocycles. The minimum atomic E-state index is -0.749. The van der Waals surface area contributed by atoms with Gasteiger partial charge in [0.15, 0.2) is 0 Å². The second-order valence-corrected chi connectivity index (χ2v) is 7.41. The molecule has 0 aliphatic carbocycles. The number of anilines is 1. The summed E-state index contributed by atoms with van der Waals surface area (Å²) in [5.74, 6) is -1.07. The van der Waals surface area contributed by atoms with Gasteiger partial charge in [0.1, 0.15) is 11.6 Å². The summed E-state index contributed by atoms with van der Waals surface area (Å²) in [6, 6.07) is 18.9. The van der Waals surface area contributed by atoms with Crippen molar-refractivity contribution in [3.63, 3.8) is 0 Å². The number of nitrogens with zero attached hydrogens (tertiary/aromatic N) is 3. The fourth-order valence-corrected chi connectivity index (χ4v) is 2.93. The zero-order valence-electron chi connectivity index (χ0n) is 18.0. The average Bonchev–Trinajstić information content (AvgIpc) is 2.77. The highest BCUT2D eigenvalue weighted by Crippen LogP contribution is 2.24. The molecule has 0 saturated heterocycles. The Morgan fingerprint density at radius 1 is 0.935 bits per heavy atom. The van der Waals surface area contributed by atoms with Crippen LogP contribution < -0.4 is 9.64 Å². The van der Waals surface area contributed by atoms with Gasteiger partial charge < -0.3 is 9.64 Å². The van der Waals surface area contributed by atoms with E-state index in [1.54, 1.807) is 12.1 Å². The third-order valence-corrected chi connectivity index (χ3v) is 4.77. The maximum absolute atomic E-state index is 14.5. The van der Waals surface area contributed by atoms with Crippen LogP contribution >= 0.6 is 0 Å². The molecule has 0 spiro atoms. The molecule has 0 atom stereocenters. The molecule has 6 heteroatoms. The summed E-state index contributed by atoms with van der Waals surface area (Å²) in [7, 11) is 3.91. The average molecular weight is 420 g/mol. The maximum atomic E-state index is 14.5. The van der Waals surface area contributed by atoms with Crippen molar-refractivity contribution in [2.45, 2.75) is 26.2 Å². The summed E-state index contributed by atoms with van der Waals surface area (Å²) in [6.45, 7) is 2.14. The predicted octanol–water partition coefficient (Wildman–Crippen LogP) is 6.87. The number of hydrogen-bond acceptors (Lipinski definition) is 5.